The van der Waals surface area contributed by atoms with Gasteiger partial charge in [0, 0.05) is 11.6 Å². The van der Waals surface area contributed by atoms with Gasteiger partial charge in [-0.2, -0.15) is 0 Å². The number of benzene rings is 1. The number of sulfonamides is 1. The molecule has 0 saturated carbocycles. The summed E-state index contributed by atoms with van der Waals surface area (Å²) in [7, 11) is -3.91. The zero-order valence-electron chi connectivity index (χ0n) is 7.52. The minimum Gasteiger partial charge on any atom is -0.387 e. The Kier molecular flexibility index (Phi) is 3.38. The lowest BCUT2D eigenvalue weighted by molar-refractivity contribution is 0.196. The number of hydrogen-bond acceptors (Lipinski definition) is 3. The quantitative estimate of drug-likeness (QED) is 0.792. The molecule has 0 aliphatic carbocycles. The molecule has 0 bridgehead atoms. The maximum atomic E-state index is 13.0. The SMILES string of the molecule is NS(=O)(=O)C[C@H](O)c1ccc(F)cc1F. The van der Waals surface area contributed by atoms with Crippen molar-refractivity contribution in [1.82, 2.24) is 0 Å². The first kappa shape index (κ1) is 12.0. The van der Waals surface area contributed by atoms with E-state index < -0.39 is 33.5 Å². The summed E-state index contributed by atoms with van der Waals surface area (Å²) in [6, 6.07) is 2.45. The van der Waals surface area contributed by atoms with Gasteiger partial charge in [-0.15, -0.1) is 0 Å². The summed E-state index contributed by atoms with van der Waals surface area (Å²) >= 11 is 0. The monoisotopic (exact) mass is 237 g/mol. The number of halogens is 2. The second-order valence-electron chi connectivity index (χ2n) is 3.01. The first-order valence-corrected chi connectivity index (χ1v) is 5.64. The van der Waals surface area contributed by atoms with Crippen LogP contribution in [0.4, 0.5) is 8.78 Å². The first-order valence-electron chi connectivity index (χ1n) is 3.93. The van der Waals surface area contributed by atoms with Crippen LogP contribution >= 0.6 is 0 Å². The minimum absolute atomic E-state index is 0.301. The van der Waals surface area contributed by atoms with E-state index in [1.54, 1.807) is 0 Å². The van der Waals surface area contributed by atoms with Crippen molar-refractivity contribution >= 4 is 10.0 Å². The topological polar surface area (TPSA) is 80.4 Å². The molecule has 3 N–H and O–H groups in total. The summed E-state index contributed by atoms with van der Waals surface area (Å²) < 4.78 is 46.8. The van der Waals surface area contributed by atoms with E-state index in [1.807, 2.05) is 0 Å². The average Bonchev–Trinajstić information content (AvgIpc) is 1.99. The molecule has 0 heterocycles. The first-order chi connectivity index (χ1) is 6.79. The number of rotatable bonds is 3. The van der Waals surface area contributed by atoms with E-state index in [2.05, 4.69) is 5.14 Å². The summed E-state index contributed by atoms with van der Waals surface area (Å²) in [5.41, 5.74) is -0.301. The molecule has 4 nitrogen and oxygen atoms in total. The zero-order valence-corrected chi connectivity index (χ0v) is 8.34. The van der Waals surface area contributed by atoms with Gasteiger partial charge >= 0.3 is 0 Å². The molecule has 0 saturated heterocycles. The van der Waals surface area contributed by atoms with Gasteiger partial charge in [-0.1, -0.05) is 6.07 Å². The fourth-order valence-electron chi connectivity index (χ4n) is 1.08. The number of hydrogen-bond donors (Lipinski definition) is 2. The van der Waals surface area contributed by atoms with Gasteiger partial charge in [0.25, 0.3) is 0 Å². The predicted octanol–water partition coefficient (Wildman–Crippen LogP) is 0.287. The van der Waals surface area contributed by atoms with Crippen molar-refractivity contribution in [2.75, 3.05) is 5.75 Å². The van der Waals surface area contributed by atoms with Crippen LogP contribution in [0.3, 0.4) is 0 Å². The number of nitrogens with two attached hydrogens (primary N) is 1. The van der Waals surface area contributed by atoms with E-state index in [0.717, 1.165) is 12.1 Å². The van der Waals surface area contributed by atoms with Crippen LogP contribution in [0.2, 0.25) is 0 Å². The van der Waals surface area contributed by atoms with E-state index in [9.17, 15) is 22.3 Å². The van der Waals surface area contributed by atoms with Crippen LogP contribution < -0.4 is 5.14 Å². The normalized spacial score (nSPS) is 13.9. The zero-order chi connectivity index (χ0) is 11.6. The fraction of sp³-hybridized carbons (Fsp3) is 0.250. The molecule has 0 fully saturated rings. The van der Waals surface area contributed by atoms with Crippen molar-refractivity contribution in [3.8, 4) is 0 Å². The predicted molar refractivity (Wildman–Crippen MR) is 49.3 cm³/mol. The van der Waals surface area contributed by atoms with E-state index >= 15 is 0 Å². The van der Waals surface area contributed by atoms with Crippen LogP contribution in [-0.4, -0.2) is 19.3 Å². The summed E-state index contributed by atoms with van der Waals surface area (Å²) in [4.78, 5) is 0. The Balaban J connectivity index is 2.97. The molecule has 7 heteroatoms. The van der Waals surface area contributed by atoms with E-state index in [4.69, 9.17) is 0 Å². The highest BCUT2D eigenvalue weighted by molar-refractivity contribution is 7.89. The Hall–Kier alpha value is -1.05. The molecule has 0 aromatic heterocycles. The Labute approximate surface area is 85.4 Å². The molecule has 84 valence electrons. The molecule has 0 aliphatic heterocycles. The van der Waals surface area contributed by atoms with Crippen molar-refractivity contribution < 1.29 is 22.3 Å². The van der Waals surface area contributed by atoms with Gasteiger partial charge in [0.15, 0.2) is 0 Å². The van der Waals surface area contributed by atoms with E-state index in [-0.39, 0.29) is 5.56 Å². The molecule has 0 unspecified atom stereocenters. The summed E-state index contributed by atoms with van der Waals surface area (Å²) in [5, 5.41) is 14.0. The van der Waals surface area contributed by atoms with Gasteiger partial charge in [0.1, 0.15) is 11.6 Å². The molecule has 0 radical (unpaired) electrons. The molecular weight excluding hydrogens is 228 g/mol. The van der Waals surface area contributed by atoms with Gasteiger partial charge in [-0.3, -0.25) is 0 Å². The fourth-order valence-corrected chi connectivity index (χ4v) is 1.70. The molecule has 1 aromatic rings. The van der Waals surface area contributed by atoms with Crippen LogP contribution in [0.1, 0.15) is 11.7 Å². The Morgan fingerprint density at radius 1 is 1.40 bits per heavy atom. The van der Waals surface area contributed by atoms with E-state index in [1.165, 1.54) is 0 Å². The third-order valence-electron chi connectivity index (χ3n) is 1.71. The molecule has 1 atom stereocenters. The van der Waals surface area contributed by atoms with Gasteiger partial charge < -0.3 is 5.11 Å². The molecule has 1 rings (SSSR count). The van der Waals surface area contributed by atoms with Crippen LogP contribution in [0.5, 0.6) is 0 Å². The van der Waals surface area contributed by atoms with Crippen LogP contribution in [0.15, 0.2) is 18.2 Å². The Morgan fingerprint density at radius 3 is 2.47 bits per heavy atom. The lowest BCUT2D eigenvalue weighted by Crippen LogP contribution is -2.22. The van der Waals surface area contributed by atoms with Crippen LogP contribution in [-0.2, 0) is 10.0 Å². The standard InChI is InChI=1S/C8H9F2NO3S/c9-5-1-2-6(7(10)3-5)8(12)4-15(11,13)14/h1-3,8,12H,4H2,(H2,11,13,14)/t8-/m0/s1. The second-order valence-corrected chi connectivity index (χ2v) is 4.67. The van der Waals surface area contributed by atoms with Crippen molar-refractivity contribution in [3.63, 3.8) is 0 Å². The largest absolute Gasteiger partial charge is 0.387 e. The number of aliphatic hydroxyl groups excluding tert-OH is 1. The highest BCUT2D eigenvalue weighted by Crippen LogP contribution is 2.18. The highest BCUT2D eigenvalue weighted by atomic mass is 32.2. The summed E-state index contributed by atoms with van der Waals surface area (Å²) in [6.45, 7) is 0. The van der Waals surface area contributed by atoms with Crippen LogP contribution in [0, 0.1) is 11.6 Å². The summed E-state index contributed by atoms with van der Waals surface area (Å²) in [5.74, 6) is -2.62. The number of aliphatic hydroxyl groups is 1. The Bertz CT molecular complexity index is 461. The maximum Gasteiger partial charge on any atom is 0.211 e. The smallest absolute Gasteiger partial charge is 0.211 e. The van der Waals surface area contributed by atoms with Gasteiger partial charge in [-0.25, -0.2) is 22.3 Å². The highest BCUT2D eigenvalue weighted by Gasteiger charge is 2.18. The molecule has 1 aromatic carbocycles. The van der Waals surface area contributed by atoms with Crippen molar-refractivity contribution in [3.05, 3.63) is 35.4 Å². The lowest BCUT2D eigenvalue weighted by Gasteiger charge is -2.10. The minimum atomic E-state index is -3.91. The molecule has 0 aliphatic rings. The molecular formula is C8H9F2NO3S. The van der Waals surface area contributed by atoms with Gasteiger partial charge in [-0.05, 0) is 6.07 Å². The third-order valence-corrected chi connectivity index (χ3v) is 2.49. The number of primary sulfonamides is 1. The molecule has 15 heavy (non-hydrogen) atoms. The van der Waals surface area contributed by atoms with Crippen molar-refractivity contribution in [2.45, 2.75) is 6.10 Å². The Morgan fingerprint density at radius 2 is 2.00 bits per heavy atom. The average molecular weight is 237 g/mol. The van der Waals surface area contributed by atoms with Crippen molar-refractivity contribution in [1.29, 1.82) is 0 Å². The van der Waals surface area contributed by atoms with Crippen LogP contribution in [0.25, 0.3) is 0 Å². The lowest BCUT2D eigenvalue weighted by atomic mass is 10.1. The van der Waals surface area contributed by atoms with Gasteiger partial charge in [0.2, 0.25) is 10.0 Å². The third kappa shape index (κ3) is 3.54. The molecule has 0 spiro atoms. The van der Waals surface area contributed by atoms with Gasteiger partial charge in [0.05, 0.1) is 11.9 Å². The second kappa shape index (κ2) is 4.21. The molecule has 0 amide bonds. The maximum absolute atomic E-state index is 13.0. The van der Waals surface area contributed by atoms with E-state index in [0.29, 0.717) is 6.07 Å². The van der Waals surface area contributed by atoms with Crippen molar-refractivity contribution in [2.24, 2.45) is 5.14 Å². The summed E-state index contributed by atoms with van der Waals surface area (Å²) in [6.07, 6.45) is -1.60.